The highest BCUT2D eigenvalue weighted by Crippen LogP contribution is 2.21. The third-order valence-corrected chi connectivity index (χ3v) is 3.70. The van der Waals surface area contributed by atoms with Gasteiger partial charge in [0, 0.05) is 17.4 Å². The molecule has 1 amide bonds. The summed E-state index contributed by atoms with van der Waals surface area (Å²) in [7, 11) is 0. The first kappa shape index (κ1) is 16.2. The van der Waals surface area contributed by atoms with E-state index in [9.17, 15) is 9.18 Å². The highest BCUT2D eigenvalue weighted by molar-refractivity contribution is 9.09. The van der Waals surface area contributed by atoms with Crippen LogP contribution >= 0.6 is 15.9 Å². The van der Waals surface area contributed by atoms with E-state index in [-0.39, 0.29) is 17.1 Å². The second-order valence-electron chi connectivity index (χ2n) is 5.60. The van der Waals surface area contributed by atoms with Gasteiger partial charge in [0.25, 0.3) is 5.91 Å². The highest BCUT2D eigenvalue weighted by atomic mass is 79.9. The van der Waals surface area contributed by atoms with Crippen LogP contribution in [-0.2, 0) is 0 Å². The Morgan fingerprint density at radius 3 is 2.68 bits per heavy atom. The molecule has 4 heteroatoms. The van der Waals surface area contributed by atoms with Gasteiger partial charge in [-0.1, -0.05) is 29.8 Å². The molecule has 0 atom stereocenters. The fraction of sp³-hybridized carbons (Fsp3) is 0.533. The predicted octanol–water partition coefficient (Wildman–Crippen LogP) is 4.07. The maximum Gasteiger partial charge on any atom is 0.251 e. The number of amides is 1. The lowest BCUT2D eigenvalue weighted by Gasteiger charge is -2.24. The van der Waals surface area contributed by atoms with Crippen molar-refractivity contribution in [3.63, 3.8) is 0 Å². The normalized spacial score (nSPS) is 11.4. The van der Waals surface area contributed by atoms with E-state index < -0.39 is 0 Å². The lowest BCUT2D eigenvalue weighted by atomic mass is 9.88. The van der Waals surface area contributed by atoms with Crippen LogP contribution in [0, 0.1) is 18.2 Å². The molecule has 1 rings (SSSR count). The van der Waals surface area contributed by atoms with Crippen molar-refractivity contribution < 1.29 is 9.18 Å². The second-order valence-corrected chi connectivity index (χ2v) is 6.40. The Kier molecular flexibility index (Phi) is 5.98. The summed E-state index contributed by atoms with van der Waals surface area (Å²) in [6.07, 6.45) is 2.12. The van der Waals surface area contributed by atoms with E-state index in [1.54, 1.807) is 13.0 Å². The topological polar surface area (TPSA) is 29.1 Å². The first-order chi connectivity index (χ1) is 8.85. The van der Waals surface area contributed by atoms with Crippen LogP contribution in [0.4, 0.5) is 4.39 Å². The molecular weight excluding hydrogens is 309 g/mol. The molecule has 0 unspecified atom stereocenters. The van der Waals surface area contributed by atoms with Crippen LogP contribution in [-0.4, -0.2) is 17.8 Å². The Morgan fingerprint density at radius 1 is 1.42 bits per heavy atom. The Balaban J connectivity index is 2.57. The van der Waals surface area contributed by atoms with E-state index in [2.05, 4.69) is 35.1 Å². The van der Waals surface area contributed by atoms with Gasteiger partial charge in [-0.3, -0.25) is 4.79 Å². The molecule has 0 heterocycles. The molecule has 0 spiro atoms. The first-order valence-corrected chi connectivity index (χ1v) is 7.58. The second kappa shape index (κ2) is 7.04. The maximum atomic E-state index is 13.1. The van der Waals surface area contributed by atoms with Crippen LogP contribution in [0.1, 0.15) is 42.6 Å². The molecule has 0 saturated carbocycles. The minimum Gasteiger partial charge on any atom is -0.352 e. The molecule has 0 aliphatic rings. The number of aryl methyl sites for hydroxylation is 1. The number of rotatable bonds is 6. The molecule has 2 nitrogen and oxygen atoms in total. The van der Waals surface area contributed by atoms with Crippen molar-refractivity contribution in [1.29, 1.82) is 0 Å². The molecule has 1 aromatic rings. The summed E-state index contributed by atoms with van der Waals surface area (Å²) in [5.74, 6) is -0.427. The van der Waals surface area contributed by atoms with Crippen LogP contribution in [0.3, 0.4) is 0 Å². The van der Waals surface area contributed by atoms with E-state index in [1.165, 1.54) is 12.1 Å². The molecule has 106 valence electrons. The number of alkyl halides is 1. The van der Waals surface area contributed by atoms with Gasteiger partial charge in [-0.15, -0.1) is 0 Å². The van der Waals surface area contributed by atoms with E-state index >= 15 is 0 Å². The minimum absolute atomic E-state index is 0.0680. The molecule has 19 heavy (non-hydrogen) atoms. The maximum absolute atomic E-state index is 13.1. The number of carbonyl (C=O) groups is 1. The minimum atomic E-state index is -0.283. The van der Waals surface area contributed by atoms with Crippen LogP contribution in [0.25, 0.3) is 0 Å². The van der Waals surface area contributed by atoms with E-state index in [1.807, 2.05) is 0 Å². The third kappa shape index (κ3) is 5.31. The zero-order chi connectivity index (χ0) is 14.5. The quantitative estimate of drug-likeness (QED) is 0.783. The molecule has 1 aromatic carbocycles. The van der Waals surface area contributed by atoms with Crippen LogP contribution < -0.4 is 5.32 Å². The number of benzene rings is 1. The molecule has 0 fully saturated rings. The molecule has 1 N–H and O–H groups in total. The van der Waals surface area contributed by atoms with Gasteiger partial charge in [-0.2, -0.15) is 0 Å². The summed E-state index contributed by atoms with van der Waals surface area (Å²) in [4.78, 5) is 12.0. The number of nitrogens with one attached hydrogen (secondary N) is 1. The lowest BCUT2D eigenvalue weighted by Crippen LogP contribution is -2.34. The van der Waals surface area contributed by atoms with Crippen LogP contribution in [0.15, 0.2) is 18.2 Å². The Bertz CT molecular complexity index is 446. The van der Waals surface area contributed by atoms with Gasteiger partial charge in [0.05, 0.1) is 0 Å². The fourth-order valence-electron chi connectivity index (χ4n) is 1.84. The van der Waals surface area contributed by atoms with Crippen molar-refractivity contribution in [1.82, 2.24) is 5.32 Å². The summed E-state index contributed by atoms with van der Waals surface area (Å²) < 4.78 is 13.1. The van der Waals surface area contributed by atoms with E-state index in [0.717, 1.165) is 18.2 Å². The van der Waals surface area contributed by atoms with Gasteiger partial charge in [0.1, 0.15) is 5.82 Å². The summed E-state index contributed by atoms with van der Waals surface area (Å²) in [5, 5.41) is 3.89. The van der Waals surface area contributed by atoms with Gasteiger partial charge < -0.3 is 5.32 Å². The molecule has 0 aromatic heterocycles. The zero-order valence-corrected chi connectivity index (χ0v) is 13.3. The standard InChI is InChI=1S/C15H21BrFNO/c1-11-9-12(5-6-13(11)17)14(19)18-10-15(2,3)7-4-8-16/h5-6,9H,4,7-8,10H2,1-3H3,(H,18,19). The summed E-state index contributed by atoms with van der Waals surface area (Å²) >= 11 is 3.41. The van der Waals surface area contributed by atoms with Crippen LogP contribution in [0.5, 0.6) is 0 Å². The largest absolute Gasteiger partial charge is 0.352 e. The Morgan fingerprint density at radius 2 is 2.11 bits per heavy atom. The number of halogens is 2. The van der Waals surface area contributed by atoms with Gasteiger partial charge in [0.15, 0.2) is 0 Å². The average molecular weight is 330 g/mol. The van der Waals surface area contributed by atoms with Crippen molar-refractivity contribution in [3.05, 3.63) is 35.1 Å². The summed E-state index contributed by atoms with van der Waals surface area (Å²) in [6.45, 7) is 6.54. The van der Waals surface area contributed by atoms with Gasteiger partial charge in [-0.05, 0) is 48.9 Å². The SMILES string of the molecule is Cc1cc(C(=O)NCC(C)(C)CCCBr)ccc1F. The van der Waals surface area contributed by atoms with E-state index in [4.69, 9.17) is 0 Å². The number of hydrogen-bond acceptors (Lipinski definition) is 1. The lowest BCUT2D eigenvalue weighted by molar-refractivity contribution is 0.0934. The van der Waals surface area contributed by atoms with Crippen molar-refractivity contribution in [2.24, 2.45) is 5.41 Å². The fourth-order valence-corrected chi connectivity index (χ4v) is 2.12. The van der Waals surface area contributed by atoms with Crippen molar-refractivity contribution in [3.8, 4) is 0 Å². The molecule has 0 aliphatic carbocycles. The van der Waals surface area contributed by atoms with Crippen molar-refractivity contribution in [2.75, 3.05) is 11.9 Å². The number of carbonyl (C=O) groups excluding carboxylic acids is 1. The average Bonchev–Trinajstić information content (AvgIpc) is 2.37. The Hall–Kier alpha value is -0.900. The molecule has 0 saturated heterocycles. The van der Waals surface area contributed by atoms with Gasteiger partial charge >= 0.3 is 0 Å². The summed E-state index contributed by atoms with van der Waals surface area (Å²) in [5.41, 5.74) is 1.07. The molecule has 0 aliphatic heterocycles. The predicted molar refractivity (Wildman–Crippen MR) is 80.3 cm³/mol. The van der Waals surface area contributed by atoms with Crippen molar-refractivity contribution in [2.45, 2.75) is 33.6 Å². The number of hydrogen-bond donors (Lipinski definition) is 1. The summed E-state index contributed by atoms with van der Waals surface area (Å²) in [6, 6.07) is 4.43. The van der Waals surface area contributed by atoms with Gasteiger partial charge in [0.2, 0.25) is 0 Å². The van der Waals surface area contributed by atoms with E-state index in [0.29, 0.717) is 17.7 Å². The molecule has 0 radical (unpaired) electrons. The Labute approximate surface area is 122 Å². The van der Waals surface area contributed by atoms with Crippen molar-refractivity contribution >= 4 is 21.8 Å². The third-order valence-electron chi connectivity index (χ3n) is 3.13. The zero-order valence-electron chi connectivity index (χ0n) is 11.7. The first-order valence-electron chi connectivity index (χ1n) is 6.46. The molecule has 0 bridgehead atoms. The van der Waals surface area contributed by atoms with Crippen LogP contribution in [0.2, 0.25) is 0 Å². The van der Waals surface area contributed by atoms with Gasteiger partial charge in [-0.25, -0.2) is 4.39 Å². The monoisotopic (exact) mass is 329 g/mol. The smallest absolute Gasteiger partial charge is 0.251 e. The molecular formula is C15H21BrFNO. The highest BCUT2D eigenvalue weighted by Gasteiger charge is 2.18.